The Hall–Kier alpha value is -0.480. The van der Waals surface area contributed by atoms with Crippen molar-refractivity contribution in [2.75, 3.05) is 0 Å². The molecule has 4 heteroatoms. The van der Waals surface area contributed by atoms with Crippen molar-refractivity contribution in [3.8, 4) is 0 Å². The number of carbonyl (C=O) groups is 1. The summed E-state index contributed by atoms with van der Waals surface area (Å²) in [5.74, 6) is 0.855. The molecular weight excluding hydrogens is 196 g/mol. The monoisotopic (exact) mass is 212 g/mol. The molecular formula is C10H16N2OS. The Balaban J connectivity index is 2.00. The zero-order chi connectivity index (χ0) is 10.1. The average Bonchev–Trinajstić information content (AvgIpc) is 2.91. The van der Waals surface area contributed by atoms with Gasteiger partial charge in [-0.15, -0.1) is 0 Å². The van der Waals surface area contributed by atoms with Crippen molar-refractivity contribution in [3.63, 3.8) is 0 Å². The summed E-state index contributed by atoms with van der Waals surface area (Å²) < 4.78 is 0. The van der Waals surface area contributed by atoms with E-state index in [-0.39, 0.29) is 11.4 Å². The lowest BCUT2D eigenvalue weighted by Gasteiger charge is -2.18. The van der Waals surface area contributed by atoms with Crippen molar-refractivity contribution in [2.24, 2.45) is 11.7 Å². The first kappa shape index (κ1) is 10.1. The number of hydrogen-bond acceptors (Lipinski definition) is 3. The third-order valence-electron chi connectivity index (χ3n) is 2.53. The van der Waals surface area contributed by atoms with Crippen molar-refractivity contribution in [3.05, 3.63) is 11.1 Å². The summed E-state index contributed by atoms with van der Waals surface area (Å²) in [6.07, 6.45) is 5.98. The Bertz CT molecular complexity index is 273. The molecule has 78 valence electrons. The van der Waals surface area contributed by atoms with E-state index in [0.717, 1.165) is 6.42 Å². The van der Waals surface area contributed by atoms with E-state index >= 15 is 0 Å². The maximum atomic E-state index is 11.6. The Kier molecular flexibility index (Phi) is 2.83. The highest BCUT2D eigenvalue weighted by atomic mass is 32.2. The summed E-state index contributed by atoms with van der Waals surface area (Å²) in [5.41, 5.74) is 5.71. The Morgan fingerprint density at radius 1 is 1.71 bits per heavy atom. The summed E-state index contributed by atoms with van der Waals surface area (Å²) in [7, 11) is 0. The number of nitrogens with zero attached hydrogens (tertiary/aromatic N) is 1. The lowest BCUT2D eigenvalue weighted by molar-refractivity contribution is -0.129. The van der Waals surface area contributed by atoms with Gasteiger partial charge in [0.1, 0.15) is 5.50 Å². The first-order valence-electron chi connectivity index (χ1n) is 5.17. The summed E-state index contributed by atoms with van der Waals surface area (Å²) in [6.45, 7) is 2.01. The molecule has 1 fully saturated rings. The molecule has 1 atom stereocenters. The fraction of sp³-hybridized carbons (Fsp3) is 0.700. The van der Waals surface area contributed by atoms with E-state index in [9.17, 15) is 4.79 Å². The quantitative estimate of drug-likeness (QED) is 0.776. The second-order valence-corrected chi connectivity index (χ2v) is 5.06. The highest BCUT2D eigenvalue weighted by molar-refractivity contribution is 8.03. The topological polar surface area (TPSA) is 46.3 Å². The molecule has 2 rings (SSSR count). The molecule has 1 unspecified atom stereocenters. The predicted octanol–water partition coefficient (Wildman–Crippen LogP) is 1.86. The van der Waals surface area contributed by atoms with E-state index in [1.165, 1.54) is 17.7 Å². The van der Waals surface area contributed by atoms with Gasteiger partial charge in [-0.2, -0.15) is 0 Å². The second kappa shape index (κ2) is 3.95. The SMILES string of the molecule is CCCC(=O)N1C=C(C2CC2)SC1N. The van der Waals surface area contributed by atoms with Crippen LogP contribution in [0.4, 0.5) is 0 Å². The molecule has 14 heavy (non-hydrogen) atoms. The fourth-order valence-electron chi connectivity index (χ4n) is 1.56. The van der Waals surface area contributed by atoms with Gasteiger partial charge in [-0.05, 0) is 25.2 Å². The number of hydrogen-bond donors (Lipinski definition) is 1. The molecule has 0 radical (unpaired) electrons. The van der Waals surface area contributed by atoms with E-state index in [1.54, 1.807) is 16.7 Å². The van der Waals surface area contributed by atoms with Gasteiger partial charge < -0.3 is 5.73 Å². The van der Waals surface area contributed by atoms with E-state index in [1.807, 2.05) is 13.1 Å². The van der Waals surface area contributed by atoms with Crippen LogP contribution in [0.15, 0.2) is 11.1 Å². The molecule has 0 aromatic heterocycles. The molecule has 1 aliphatic carbocycles. The largest absolute Gasteiger partial charge is 0.302 e. The number of allylic oxidation sites excluding steroid dienone is 1. The molecule has 1 saturated carbocycles. The van der Waals surface area contributed by atoms with Gasteiger partial charge in [0.15, 0.2) is 0 Å². The number of nitrogens with two attached hydrogens (primary N) is 1. The summed E-state index contributed by atoms with van der Waals surface area (Å²) in [4.78, 5) is 14.6. The van der Waals surface area contributed by atoms with E-state index in [0.29, 0.717) is 12.3 Å². The van der Waals surface area contributed by atoms with E-state index in [4.69, 9.17) is 5.73 Å². The molecule has 0 spiro atoms. The van der Waals surface area contributed by atoms with Crippen LogP contribution < -0.4 is 5.73 Å². The minimum Gasteiger partial charge on any atom is -0.302 e. The third kappa shape index (κ3) is 1.96. The van der Waals surface area contributed by atoms with Crippen LogP contribution in [-0.4, -0.2) is 16.3 Å². The normalized spacial score (nSPS) is 26.6. The van der Waals surface area contributed by atoms with Gasteiger partial charge in [0.25, 0.3) is 0 Å². The Morgan fingerprint density at radius 2 is 2.43 bits per heavy atom. The van der Waals surface area contributed by atoms with Crippen molar-refractivity contribution >= 4 is 17.7 Å². The van der Waals surface area contributed by atoms with Gasteiger partial charge in [-0.1, -0.05) is 18.7 Å². The zero-order valence-electron chi connectivity index (χ0n) is 8.40. The number of carbonyl (C=O) groups excluding carboxylic acids is 1. The van der Waals surface area contributed by atoms with E-state index < -0.39 is 0 Å². The van der Waals surface area contributed by atoms with Gasteiger partial charge in [-0.25, -0.2) is 0 Å². The molecule has 3 nitrogen and oxygen atoms in total. The number of rotatable bonds is 3. The molecule has 1 heterocycles. The lowest BCUT2D eigenvalue weighted by atomic mass is 10.3. The van der Waals surface area contributed by atoms with Crippen LogP contribution in [0.3, 0.4) is 0 Å². The molecule has 1 amide bonds. The van der Waals surface area contributed by atoms with Gasteiger partial charge >= 0.3 is 0 Å². The van der Waals surface area contributed by atoms with Crippen molar-refractivity contribution in [1.82, 2.24) is 4.90 Å². The lowest BCUT2D eigenvalue weighted by Crippen LogP contribution is -2.36. The molecule has 1 aliphatic heterocycles. The van der Waals surface area contributed by atoms with Crippen LogP contribution >= 0.6 is 11.8 Å². The van der Waals surface area contributed by atoms with Crippen LogP contribution in [0.5, 0.6) is 0 Å². The maximum Gasteiger partial charge on any atom is 0.228 e. The first-order valence-corrected chi connectivity index (χ1v) is 6.05. The smallest absolute Gasteiger partial charge is 0.228 e. The Labute approximate surface area is 88.7 Å². The summed E-state index contributed by atoms with van der Waals surface area (Å²) in [5, 5.41) is 0. The molecule has 2 N–H and O–H groups in total. The van der Waals surface area contributed by atoms with Crippen molar-refractivity contribution in [1.29, 1.82) is 0 Å². The van der Waals surface area contributed by atoms with Crippen LogP contribution in [0, 0.1) is 5.92 Å². The van der Waals surface area contributed by atoms with Crippen LogP contribution in [0.1, 0.15) is 32.6 Å². The fourth-order valence-corrected chi connectivity index (χ4v) is 2.74. The number of thioether (sulfide) groups is 1. The molecule has 0 aromatic carbocycles. The molecule has 2 aliphatic rings. The number of amides is 1. The summed E-state index contributed by atoms with van der Waals surface area (Å²) >= 11 is 1.64. The first-order chi connectivity index (χ1) is 6.72. The average molecular weight is 212 g/mol. The maximum absolute atomic E-state index is 11.6. The van der Waals surface area contributed by atoms with Gasteiger partial charge in [0.05, 0.1) is 0 Å². The highest BCUT2D eigenvalue weighted by Crippen LogP contribution is 2.46. The van der Waals surface area contributed by atoms with Crippen molar-refractivity contribution in [2.45, 2.75) is 38.1 Å². The van der Waals surface area contributed by atoms with Crippen LogP contribution in [-0.2, 0) is 4.79 Å². The highest BCUT2D eigenvalue weighted by Gasteiger charge is 2.35. The predicted molar refractivity (Wildman–Crippen MR) is 58.1 cm³/mol. The molecule has 0 aromatic rings. The Morgan fingerprint density at radius 3 is 3.00 bits per heavy atom. The van der Waals surface area contributed by atoms with Gasteiger partial charge in [-0.3, -0.25) is 9.69 Å². The van der Waals surface area contributed by atoms with Crippen LogP contribution in [0.2, 0.25) is 0 Å². The molecule has 0 bridgehead atoms. The van der Waals surface area contributed by atoms with E-state index in [2.05, 4.69) is 0 Å². The van der Waals surface area contributed by atoms with Crippen molar-refractivity contribution < 1.29 is 4.79 Å². The van der Waals surface area contributed by atoms with Crippen LogP contribution in [0.25, 0.3) is 0 Å². The summed E-state index contributed by atoms with van der Waals surface area (Å²) in [6, 6.07) is 0. The van der Waals surface area contributed by atoms with Gasteiger partial charge in [0, 0.05) is 17.5 Å². The minimum atomic E-state index is -0.176. The zero-order valence-corrected chi connectivity index (χ0v) is 9.22. The standard InChI is InChI=1S/C10H16N2OS/c1-2-3-9(13)12-6-8(7-4-5-7)14-10(12)11/h6-7,10H,2-5,11H2,1H3. The minimum absolute atomic E-state index is 0.156. The van der Waals surface area contributed by atoms with Gasteiger partial charge in [0.2, 0.25) is 5.91 Å². The molecule has 0 saturated heterocycles. The third-order valence-corrected chi connectivity index (χ3v) is 3.71. The second-order valence-electron chi connectivity index (χ2n) is 3.87.